The number of nitrogens with two attached hydrogens (primary N) is 1. The number of nitrogens with zero attached hydrogens (tertiary/aromatic N) is 3. The number of fused-ring (bicyclic) bond motifs is 2. The van der Waals surface area contributed by atoms with Gasteiger partial charge in [-0.05, 0) is 38.5 Å². The van der Waals surface area contributed by atoms with Crippen LogP contribution < -0.4 is 5.73 Å². The molecule has 1 radical (unpaired) electrons. The first kappa shape index (κ1) is 16.7. The number of likely N-dealkylation sites (N-methyl/N-ethyl adjacent to an activating group) is 1. The largest absolute Gasteiger partial charge is 0.368 e. The number of hydrogen-bond donors (Lipinski definition) is 1. The van der Waals surface area contributed by atoms with E-state index in [1.807, 2.05) is 11.9 Å². The molecule has 23 heavy (non-hydrogen) atoms. The topological polar surface area (TPSA) is 69.9 Å². The Hall–Kier alpha value is -1.14. The van der Waals surface area contributed by atoms with Gasteiger partial charge in [0.1, 0.15) is 5.54 Å². The number of amides is 2. The second-order valence-corrected chi connectivity index (χ2v) is 7.38. The van der Waals surface area contributed by atoms with Crippen molar-refractivity contribution in [2.24, 2.45) is 5.73 Å². The molecule has 6 heteroatoms. The van der Waals surface area contributed by atoms with E-state index >= 15 is 0 Å². The van der Waals surface area contributed by atoms with E-state index in [9.17, 15) is 9.59 Å². The van der Waals surface area contributed by atoms with Crippen LogP contribution in [0.3, 0.4) is 0 Å². The van der Waals surface area contributed by atoms with Crippen LogP contribution in [0.4, 0.5) is 0 Å². The molecule has 0 unspecified atom stereocenters. The van der Waals surface area contributed by atoms with Gasteiger partial charge < -0.3 is 10.6 Å². The smallest absolute Gasteiger partial charge is 0.237 e. The van der Waals surface area contributed by atoms with Crippen molar-refractivity contribution in [2.75, 3.05) is 33.2 Å². The third kappa shape index (κ3) is 2.98. The average molecular weight is 321 g/mol. The van der Waals surface area contributed by atoms with Crippen LogP contribution in [-0.2, 0) is 9.59 Å². The van der Waals surface area contributed by atoms with Gasteiger partial charge in [-0.25, -0.2) is 0 Å². The van der Waals surface area contributed by atoms with Gasteiger partial charge in [-0.1, -0.05) is 0 Å². The molecule has 2 bridgehead atoms. The number of piperidine rings is 1. The molecule has 0 spiro atoms. The molecule has 2 amide bonds. The summed E-state index contributed by atoms with van der Waals surface area (Å²) in [6.07, 6.45) is 7.13. The summed E-state index contributed by atoms with van der Waals surface area (Å²) in [4.78, 5) is 30.2. The summed E-state index contributed by atoms with van der Waals surface area (Å²) in [6, 6.07) is 0.804. The van der Waals surface area contributed by atoms with Crippen molar-refractivity contribution in [2.45, 2.75) is 56.7 Å². The summed E-state index contributed by atoms with van der Waals surface area (Å²) < 4.78 is 0. The molecule has 0 aromatic carbocycles. The lowest BCUT2D eigenvalue weighted by Crippen LogP contribution is -2.59. The molecule has 6 nitrogen and oxygen atoms in total. The van der Waals surface area contributed by atoms with Gasteiger partial charge in [0.25, 0.3) is 0 Å². The van der Waals surface area contributed by atoms with E-state index in [2.05, 4.69) is 16.2 Å². The van der Waals surface area contributed by atoms with Gasteiger partial charge >= 0.3 is 0 Å². The summed E-state index contributed by atoms with van der Waals surface area (Å²) in [5.41, 5.74) is 5.32. The number of carbonyl (C=O) groups excluding carboxylic acids is 2. The monoisotopic (exact) mass is 321 g/mol. The molecule has 3 atom stereocenters. The number of carbonyl (C=O) groups is 2. The number of likely N-dealkylation sites (tertiary alicyclic amines) is 1. The summed E-state index contributed by atoms with van der Waals surface area (Å²) >= 11 is 0. The molecule has 3 aliphatic rings. The molecule has 3 saturated heterocycles. The van der Waals surface area contributed by atoms with Gasteiger partial charge in [-0.2, -0.15) is 0 Å². The zero-order valence-electron chi connectivity index (χ0n) is 14.3. The van der Waals surface area contributed by atoms with Crippen LogP contribution >= 0.6 is 0 Å². The quantitative estimate of drug-likeness (QED) is 0.787. The minimum absolute atomic E-state index is 0.133. The highest BCUT2D eigenvalue weighted by molar-refractivity contribution is 5.85. The molecule has 3 rings (SSSR count). The number of rotatable bonds is 5. The summed E-state index contributed by atoms with van der Waals surface area (Å²) in [6.45, 7) is 5.44. The van der Waals surface area contributed by atoms with E-state index in [4.69, 9.17) is 5.73 Å². The predicted molar refractivity (Wildman–Crippen MR) is 88.5 cm³/mol. The number of hydrogen-bond acceptors (Lipinski definition) is 4. The fourth-order valence-corrected chi connectivity index (χ4v) is 4.63. The van der Waals surface area contributed by atoms with Gasteiger partial charge in [-0.15, -0.1) is 0 Å². The third-order valence-electron chi connectivity index (χ3n) is 6.21. The lowest BCUT2D eigenvalue weighted by atomic mass is 9.87. The molecule has 0 saturated carbocycles. The van der Waals surface area contributed by atoms with E-state index in [0.29, 0.717) is 12.1 Å². The molecular weight excluding hydrogens is 292 g/mol. The molecule has 3 heterocycles. The molecular formula is C17H29N4O2. The highest BCUT2D eigenvalue weighted by Gasteiger charge is 2.52. The zero-order chi connectivity index (χ0) is 16.6. The Morgan fingerprint density at radius 2 is 2.13 bits per heavy atom. The van der Waals surface area contributed by atoms with Crippen LogP contribution in [0.25, 0.3) is 0 Å². The maximum atomic E-state index is 12.1. The van der Waals surface area contributed by atoms with E-state index in [-0.39, 0.29) is 11.8 Å². The average Bonchev–Trinajstić information content (AvgIpc) is 3.05. The second kappa shape index (κ2) is 6.40. The number of primary amides is 1. The maximum absolute atomic E-state index is 12.1. The Balaban J connectivity index is 1.56. The fourth-order valence-electron chi connectivity index (χ4n) is 4.63. The first-order chi connectivity index (χ1) is 10.9. The lowest BCUT2D eigenvalue weighted by Gasteiger charge is -2.43. The molecule has 3 fully saturated rings. The van der Waals surface area contributed by atoms with Crippen molar-refractivity contribution < 1.29 is 9.59 Å². The van der Waals surface area contributed by atoms with Crippen LogP contribution in [-0.4, -0.2) is 77.4 Å². The van der Waals surface area contributed by atoms with E-state index in [1.165, 1.54) is 0 Å². The Bertz CT molecular complexity index is 479. The van der Waals surface area contributed by atoms with E-state index in [0.717, 1.165) is 58.3 Å². The SMILES string of the molecule is CC(=O)N(C)[C@@H]1CCN(CCN2[C@@H]3C[CH]C[C@@]2(C(N)=O)CC3)C1. The standard InChI is InChI=1S/C17H29N4O2/c1-13(22)19(2)15-6-9-20(12-15)10-11-21-14-4-3-7-17(21,8-5-14)16(18)23/h3,14-15H,4-12H2,1-2H3,(H2,18,23)/t14-,15-,17+/m1/s1. The zero-order valence-corrected chi connectivity index (χ0v) is 14.3. The van der Waals surface area contributed by atoms with Crippen LogP contribution in [0, 0.1) is 6.42 Å². The normalized spacial score (nSPS) is 34.7. The van der Waals surface area contributed by atoms with Crippen molar-refractivity contribution in [1.29, 1.82) is 0 Å². The van der Waals surface area contributed by atoms with Gasteiger partial charge in [0.15, 0.2) is 0 Å². The third-order valence-corrected chi connectivity index (χ3v) is 6.21. The van der Waals surface area contributed by atoms with Crippen LogP contribution in [0.15, 0.2) is 0 Å². The second-order valence-electron chi connectivity index (χ2n) is 7.38. The Kier molecular flexibility index (Phi) is 4.65. The summed E-state index contributed by atoms with van der Waals surface area (Å²) in [7, 11) is 1.89. The van der Waals surface area contributed by atoms with Gasteiger partial charge in [0.2, 0.25) is 11.8 Å². The minimum atomic E-state index is -0.432. The van der Waals surface area contributed by atoms with Crippen LogP contribution in [0.1, 0.15) is 39.0 Å². The van der Waals surface area contributed by atoms with Crippen molar-refractivity contribution in [1.82, 2.24) is 14.7 Å². The molecule has 2 N–H and O–H groups in total. The molecule has 129 valence electrons. The van der Waals surface area contributed by atoms with E-state index in [1.54, 1.807) is 6.92 Å². The van der Waals surface area contributed by atoms with Crippen LogP contribution in [0.2, 0.25) is 0 Å². The highest BCUT2D eigenvalue weighted by atomic mass is 16.2. The molecule has 3 aliphatic heterocycles. The van der Waals surface area contributed by atoms with Crippen molar-refractivity contribution >= 4 is 11.8 Å². The molecule has 0 aliphatic carbocycles. The summed E-state index contributed by atoms with van der Waals surface area (Å²) in [5, 5.41) is 0. The van der Waals surface area contributed by atoms with Crippen molar-refractivity contribution in [3.63, 3.8) is 0 Å². The maximum Gasteiger partial charge on any atom is 0.237 e. The Morgan fingerprint density at radius 3 is 2.83 bits per heavy atom. The van der Waals surface area contributed by atoms with Gasteiger partial charge in [-0.3, -0.25) is 19.4 Å². The fraction of sp³-hybridized carbons (Fsp3) is 0.824. The predicted octanol–water partition coefficient (Wildman–Crippen LogP) is 0.226. The van der Waals surface area contributed by atoms with Crippen molar-refractivity contribution in [3.05, 3.63) is 6.42 Å². The highest BCUT2D eigenvalue weighted by Crippen LogP contribution is 2.43. The van der Waals surface area contributed by atoms with Gasteiger partial charge in [0.05, 0.1) is 0 Å². The van der Waals surface area contributed by atoms with Crippen LogP contribution in [0.5, 0.6) is 0 Å². The molecule has 0 aromatic rings. The summed E-state index contributed by atoms with van der Waals surface area (Å²) in [5.74, 6) is -0.0271. The first-order valence-electron chi connectivity index (χ1n) is 8.78. The minimum Gasteiger partial charge on any atom is -0.368 e. The first-order valence-corrected chi connectivity index (χ1v) is 8.78. The Labute approximate surface area is 139 Å². The Morgan fingerprint density at radius 1 is 1.35 bits per heavy atom. The molecule has 0 aromatic heterocycles. The lowest BCUT2D eigenvalue weighted by molar-refractivity contribution is -0.131. The van der Waals surface area contributed by atoms with Gasteiger partial charge in [0, 0.05) is 52.2 Å². The van der Waals surface area contributed by atoms with Crippen molar-refractivity contribution in [3.8, 4) is 0 Å². The van der Waals surface area contributed by atoms with E-state index < -0.39 is 5.54 Å².